The first kappa shape index (κ1) is 20.4. The Labute approximate surface area is 191 Å². The Bertz CT molecular complexity index is 1420. The van der Waals surface area contributed by atoms with E-state index in [1.165, 1.54) is 12.8 Å². The predicted molar refractivity (Wildman–Crippen MR) is 129 cm³/mol. The summed E-state index contributed by atoms with van der Waals surface area (Å²) in [6.07, 6.45) is 5.96. The number of hydrogen-bond acceptors (Lipinski definition) is 6. The second kappa shape index (κ2) is 7.71. The summed E-state index contributed by atoms with van der Waals surface area (Å²) < 4.78 is 7.78. The van der Waals surface area contributed by atoms with E-state index in [0.717, 1.165) is 53.2 Å². The van der Waals surface area contributed by atoms with Crippen molar-refractivity contribution in [2.45, 2.75) is 38.8 Å². The zero-order valence-electron chi connectivity index (χ0n) is 19.0. The Morgan fingerprint density at radius 1 is 1.06 bits per heavy atom. The number of fused-ring (bicyclic) bond motifs is 2. The number of benzene rings is 1. The number of aliphatic hydroxyl groups is 1. The highest BCUT2D eigenvalue weighted by Crippen LogP contribution is 2.30. The van der Waals surface area contributed by atoms with E-state index in [1.54, 1.807) is 0 Å². The van der Waals surface area contributed by atoms with Gasteiger partial charge in [-0.05, 0) is 64.0 Å². The molecule has 0 saturated carbocycles. The molecule has 5 heterocycles. The number of β-amino-alcohol motifs (C(OH)–C–C–N with tert-alkyl or cyclic N) is 1. The minimum Gasteiger partial charge on any atom is -0.422 e. The van der Waals surface area contributed by atoms with Gasteiger partial charge in [0.2, 0.25) is 0 Å². The van der Waals surface area contributed by atoms with Crippen LogP contribution in [0, 0.1) is 13.8 Å². The molecule has 0 amide bonds. The van der Waals surface area contributed by atoms with Crippen molar-refractivity contribution >= 4 is 22.2 Å². The molecule has 2 aliphatic heterocycles. The summed E-state index contributed by atoms with van der Waals surface area (Å²) in [5.41, 5.74) is 5.39. The lowest BCUT2D eigenvalue weighted by Crippen LogP contribution is -2.41. The molecule has 7 heteroatoms. The van der Waals surface area contributed by atoms with Crippen LogP contribution in [0.1, 0.15) is 24.2 Å². The fraction of sp³-hybridized carbons (Fsp3) is 0.385. The van der Waals surface area contributed by atoms with Gasteiger partial charge in [0, 0.05) is 48.2 Å². The highest BCUT2D eigenvalue weighted by molar-refractivity contribution is 5.85. The molecule has 33 heavy (non-hydrogen) atoms. The number of hydrogen-bond donors (Lipinski definition) is 1. The number of aliphatic hydroxyl groups excluding tert-OH is 1. The van der Waals surface area contributed by atoms with E-state index in [0.29, 0.717) is 17.7 Å². The maximum Gasteiger partial charge on any atom is 0.344 e. The lowest BCUT2D eigenvalue weighted by atomic mass is 10.1. The second-order valence-electron chi connectivity index (χ2n) is 9.44. The van der Waals surface area contributed by atoms with Crippen LogP contribution in [0.4, 0.5) is 5.69 Å². The minimum absolute atomic E-state index is 0.170. The quantitative estimate of drug-likeness (QED) is 0.489. The van der Waals surface area contributed by atoms with E-state index in [4.69, 9.17) is 4.42 Å². The highest BCUT2D eigenvalue weighted by atomic mass is 16.4. The van der Waals surface area contributed by atoms with Crippen molar-refractivity contribution in [1.82, 2.24) is 14.3 Å². The molecule has 6 rings (SSSR count). The van der Waals surface area contributed by atoms with Crippen molar-refractivity contribution in [3.8, 4) is 11.1 Å². The lowest BCUT2D eigenvalue weighted by molar-refractivity contribution is 0.0986. The SMILES string of the molecule is Cc1cn2cc(-c3cc4ccc(N5CC(O)C(N6CCCC6)C5)cc4oc3=O)cc2c(C)n1. The molecule has 2 unspecified atom stereocenters. The predicted octanol–water partition coefficient (Wildman–Crippen LogP) is 3.37. The maximum atomic E-state index is 12.9. The van der Waals surface area contributed by atoms with Gasteiger partial charge in [-0.3, -0.25) is 9.88 Å². The van der Waals surface area contributed by atoms with Gasteiger partial charge in [-0.15, -0.1) is 0 Å². The van der Waals surface area contributed by atoms with Gasteiger partial charge in [0.15, 0.2) is 0 Å². The summed E-state index contributed by atoms with van der Waals surface area (Å²) in [4.78, 5) is 22.0. The molecular formula is C26H28N4O3. The first-order valence-electron chi connectivity index (χ1n) is 11.7. The molecule has 2 saturated heterocycles. The van der Waals surface area contributed by atoms with Crippen LogP contribution in [-0.2, 0) is 0 Å². The first-order valence-corrected chi connectivity index (χ1v) is 11.7. The largest absolute Gasteiger partial charge is 0.422 e. The third-order valence-electron chi connectivity index (χ3n) is 7.15. The topological polar surface area (TPSA) is 74.2 Å². The van der Waals surface area contributed by atoms with E-state index in [1.807, 2.05) is 54.9 Å². The third-order valence-corrected chi connectivity index (χ3v) is 7.15. The minimum atomic E-state index is -0.362. The average molecular weight is 445 g/mol. The summed E-state index contributed by atoms with van der Waals surface area (Å²) in [6.45, 7) is 7.45. The van der Waals surface area contributed by atoms with E-state index in [-0.39, 0.29) is 17.8 Å². The molecule has 3 aromatic heterocycles. The molecule has 0 radical (unpaired) electrons. The number of aromatic nitrogens is 2. The monoisotopic (exact) mass is 444 g/mol. The van der Waals surface area contributed by atoms with Gasteiger partial charge in [0.25, 0.3) is 0 Å². The van der Waals surface area contributed by atoms with Crippen LogP contribution in [-0.4, -0.2) is 57.7 Å². The maximum absolute atomic E-state index is 12.9. The molecule has 2 fully saturated rings. The number of nitrogens with zero attached hydrogens (tertiary/aromatic N) is 4. The molecule has 170 valence electrons. The molecular weight excluding hydrogens is 416 g/mol. The molecule has 1 N–H and O–H groups in total. The second-order valence-corrected chi connectivity index (χ2v) is 9.44. The van der Waals surface area contributed by atoms with Gasteiger partial charge in [0.1, 0.15) is 5.58 Å². The fourth-order valence-electron chi connectivity index (χ4n) is 5.49. The van der Waals surface area contributed by atoms with Crippen LogP contribution in [0.5, 0.6) is 0 Å². The number of likely N-dealkylation sites (tertiary alicyclic amines) is 1. The van der Waals surface area contributed by atoms with Gasteiger partial charge in [-0.25, -0.2) is 4.79 Å². The van der Waals surface area contributed by atoms with E-state index in [2.05, 4.69) is 20.9 Å². The summed E-state index contributed by atoms with van der Waals surface area (Å²) in [6, 6.07) is 10.0. The first-order chi connectivity index (χ1) is 16.0. The van der Waals surface area contributed by atoms with Crippen molar-refractivity contribution in [3.05, 3.63) is 64.5 Å². The van der Waals surface area contributed by atoms with Crippen LogP contribution < -0.4 is 10.5 Å². The van der Waals surface area contributed by atoms with Crippen molar-refractivity contribution in [3.63, 3.8) is 0 Å². The Kier molecular flexibility index (Phi) is 4.78. The normalized spacial score (nSPS) is 21.6. The molecule has 4 aromatic rings. The van der Waals surface area contributed by atoms with E-state index >= 15 is 0 Å². The summed E-state index contributed by atoms with van der Waals surface area (Å²) in [7, 11) is 0. The average Bonchev–Trinajstić information content (AvgIpc) is 3.52. The van der Waals surface area contributed by atoms with Gasteiger partial charge >= 0.3 is 5.63 Å². The third kappa shape index (κ3) is 3.52. The van der Waals surface area contributed by atoms with Crippen molar-refractivity contribution in [1.29, 1.82) is 0 Å². The summed E-state index contributed by atoms with van der Waals surface area (Å²) >= 11 is 0. The van der Waals surface area contributed by atoms with Crippen molar-refractivity contribution in [2.24, 2.45) is 0 Å². The van der Waals surface area contributed by atoms with Crippen LogP contribution in [0.15, 0.2) is 51.9 Å². The number of aryl methyl sites for hydroxylation is 2. The van der Waals surface area contributed by atoms with Gasteiger partial charge in [-0.2, -0.15) is 0 Å². The Balaban J connectivity index is 1.33. The highest BCUT2D eigenvalue weighted by Gasteiger charge is 2.36. The van der Waals surface area contributed by atoms with Crippen molar-refractivity contribution < 1.29 is 9.52 Å². The van der Waals surface area contributed by atoms with Gasteiger partial charge < -0.3 is 18.8 Å². The lowest BCUT2D eigenvalue weighted by Gasteiger charge is -2.25. The summed E-state index contributed by atoms with van der Waals surface area (Å²) in [5, 5.41) is 11.5. The van der Waals surface area contributed by atoms with Crippen LogP contribution in [0.25, 0.3) is 27.6 Å². The molecule has 0 bridgehead atoms. The zero-order chi connectivity index (χ0) is 22.7. The Morgan fingerprint density at radius 3 is 2.70 bits per heavy atom. The molecule has 1 aromatic carbocycles. The molecule has 0 aliphatic carbocycles. The smallest absolute Gasteiger partial charge is 0.344 e. The van der Waals surface area contributed by atoms with Crippen LogP contribution in [0.2, 0.25) is 0 Å². The number of anilines is 1. The molecule has 2 aliphatic rings. The van der Waals surface area contributed by atoms with Crippen LogP contribution >= 0.6 is 0 Å². The fourth-order valence-corrected chi connectivity index (χ4v) is 5.49. The Morgan fingerprint density at radius 2 is 1.88 bits per heavy atom. The molecule has 2 atom stereocenters. The zero-order valence-corrected chi connectivity index (χ0v) is 19.0. The molecule has 7 nitrogen and oxygen atoms in total. The standard InChI is InChI=1S/C26H28N4O3/c1-16-12-30-13-19(10-22(30)17(2)27-16)21-9-18-5-6-20(11-25(18)33-26(21)32)29-14-23(24(31)15-29)28-7-3-4-8-28/h5-6,9-13,23-24,31H,3-4,7-8,14-15H2,1-2H3. The van der Waals surface area contributed by atoms with Gasteiger partial charge in [-0.1, -0.05) is 0 Å². The number of rotatable bonds is 3. The van der Waals surface area contributed by atoms with Crippen LogP contribution in [0.3, 0.4) is 0 Å². The van der Waals surface area contributed by atoms with Gasteiger partial charge in [0.05, 0.1) is 34.6 Å². The Hall–Kier alpha value is -3.16. The molecule has 0 spiro atoms. The van der Waals surface area contributed by atoms with Crippen molar-refractivity contribution in [2.75, 3.05) is 31.1 Å². The summed E-state index contributed by atoms with van der Waals surface area (Å²) in [5.74, 6) is 0. The van der Waals surface area contributed by atoms with E-state index in [9.17, 15) is 9.90 Å². The van der Waals surface area contributed by atoms with E-state index < -0.39 is 0 Å².